The van der Waals surface area contributed by atoms with Gasteiger partial charge < -0.3 is 25.1 Å². The molecule has 146 valence electrons. The fourth-order valence-electron chi connectivity index (χ4n) is 2.54. The Balaban J connectivity index is 1.59. The van der Waals surface area contributed by atoms with Crippen molar-refractivity contribution in [2.45, 2.75) is 12.8 Å². The standard InChI is InChI=1S/C18H24N10/c1-4-7-19-16-24-17(20-8-5-14-10-27(2)12-22-14)26-18(25-16)21-9-6-15-11-28(3)13-23-15/h1,10-13H,5-9H2,2-3H3,(H3,19,20,21,24,25,26). The molecule has 3 aromatic rings. The topological polar surface area (TPSA) is 110 Å². The molecule has 10 heteroatoms. The molecule has 0 spiro atoms. The van der Waals surface area contributed by atoms with Gasteiger partial charge in [0.15, 0.2) is 0 Å². The van der Waals surface area contributed by atoms with E-state index in [0.29, 0.717) is 37.5 Å². The fourth-order valence-corrected chi connectivity index (χ4v) is 2.54. The van der Waals surface area contributed by atoms with E-state index in [9.17, 15) is 0 Å². The van der Waals surface area contributed by atoms with Crippen molar-refractivity contribution in [2.24, 2.45) is 14.1 Å². The molecule has 28 heavy (non-hydrogen) atoms. The average molecular weight is 380 g/mol. The molecule has 0 unspecified atom stereocenters. The third kappa shape index (κ3) is 5.70. The number of hydrogen-bond donors (Lipinski definition) is 3. The molecule has 3 heterocycles. The van der Waals surface area contributed by atoms with Gasteiger partial charge in [-0.3, -0.25) is 0 Å². The molecular formula is C18H24N10. The van der Waals surface area contributed by atoms with Gasteiger partial charge in [-0.15, -0.1) is 6.42 Å². The van der Waals surface area contributed by atoms with E-state index in [1.165, 1.54) is 0 Å². The third-order valence-electron chi connectivity index (χ3n) is 3.83. The van der Waals surface area contributed by atoms with Crippen molar-refractivity contribution < 1.29 is 0 Å². The first-order valence-corrected chi connectivity index (χ1v) is 8.97. The van der Waals surface area contributed by atoms with Crippen LogP contribution < -0.4 is 16.0 Å². The van der Waals surface area contributed by atoms with Gasteiger partial charge in [-0.1, -0.05) is 5.92 Å². The second-order valence-corrected chi connectivity index (χ2v) is 6.28. The molecule has 0 aromatic carbocycles. The van der Waals surface area contributed by atoms with E-state index in [2.05, 4.69) is 46.8 Å². The van der Waals surface area contributed by atoms with Gasteiger partial charge in [0, 0.05) is 52.4 Å². The molecule has 0 radical (unpaired) electrons. The minimum Gasteiger partial charge on any atom is -0.354 e. The lowest BCUT2D eigenvalue weighted by Gasteiger charge is -2.10. The molecular weight excluding hydrogens is 356 g/mol. The molecule has 0 fully saturated rings. The average Bonchev–Trinajstić information content (AvgIpc) is 3.28. The summed E-state index contributed by atoms with van der Waals surface area (Å²) in [6.07, 6.45) is 14.4. The highest BCUT2D eigenvalue weighted by Crippen LogP contribution is 2.10. The maximum absolute atomic E-state index is 5.31. The van der Waals surface area contributed by atoms with Crippen LogP contribution in [-0.4, -0.2) is 53.7 Å². The Morgan fingerprint density at radius 2 is 1.29 bits per heavy atom. The SMILES string of the molecule is C#CCNc1nc(NCCc2cn(C)cn2)nc(NCCc2cn(C)cn2)n1. The van der Waals surface area contributed by atoms with Crippen molar-refractivity contribution >= 4 is 17.8 Å². The molecule has 3 N–H and O–H groups in total. The van der Waals surface area contributed by atoms with Crippen molar-refractivity contribution in [3.63, 3.8) is 0 Å². The van der Waals surface area contributed by atoms with Gasteiger partial charge in [-0.2, -0.15) is 15.0 Å². The Morgan fingerprint density at radius 3 is 1.68 bits per heavy atom. The smallest absolute Gasteiger partial charge is 0.230 e. The second-order valence-electron chi connectivity index (χ2n) is 6.28. The molecule has 0 aliphatic heterocycles. The first kappa shape index (κ1) is 19.2. The fraction of sp³-hybridized carbons (Fsp3) is 0.389. The number of aromatic nitrogens is 7. The van der Waals surface area contributed by atoms with Crippen LogP contribution in [0, 0.1) is 12.3 Å². The van der Waals surface area contributed by atoms with E-state index in [-0.39, 0.29) is 0 Å². The highest BCUT2D eigenvalue weighted by Gasteiger charge is 2.07. The summed E-state index contributed by atoms with van der Waals surface area (Å²) in [6.45, 7) is 1.65. The first-order chi connectivity index (χ1) is 13.6. The van der Waals surface area contributed by atoms with Gasteiger partial charge in [-0.25, -0.2) is 9.97 Å². The zero-order valence-corrected chi connectivity index (χ0v) is 16.1. The highest BCUT2D eigenvalue weighted by molar-refractivity contribution is 5.42. The van der Waals surface area contributed by atoms with Crippen molar-refractivity contribution in [3.8, 4) is 12.3 Å². The lowest BCUT2D eigenvalue weighted by atomic mass is 10.3. The zero-order valence-electron chi connectivity index (χ0n) is 16.1. The van der Waals surface area contributed by atoms with E-state index in [1.54, 1.807) is 12.7 Å². The predicted molar refractivity (Wildman–Crippen MR) is 108 cm³/mol. The summed E-state index contributed by atoms with van der Waals surface area (Å²) < 4.78 is 3.84. The lowest BCUT2D eigenvalue weighted by molar-refractivity contribution is 0.904. The monoisotopic (exact) mass is 380 g/mol. The van der Waals surface area contributed by atoms with Crippen molar-refractivity contribution in [1.82, 2.24) is 34.1 Å². The molecule has 0 aliphatic rings. The summed E-state index contributed by atoms with van der Waals surface area (Å²) in [5, 5.41) is 9.41. The van der Waals surface area contributed by atoms with Crippen LogP contribution in [0.4, 0.5) is 17.8 Å². The Kier molecular flexibility index (Phi) is 6.41. The van der Waals surface area contributed by atoms with Gasteiger partial charge in [0.25, 0.3) is 0 Å². The summed E-state index contributed by atoms with van der Waals surface area (Å²) >= 11 is 0. The third-order valence-corrected chi connectivity index (χ3v) is 3.83. The highest BCUT2D eigenvalue weighted by atomic mass is 15.3. The van der Waals surface area contributed by atoms with Crippen molar-refractivity contribution in [2.75, 3.05) is 35.6 Å². The summed E-state index contributed by atoms with van der Waals surface area (Å²) in [5.41, 5.74) is 2.01. The Morgan fingerprint density at radius 1 is 0.821 bits per heavy atom. The van der Waals surface area contributed by atoms with Crippen LogP contribution in [0.2, 0.25) is 0 Å². The number of nitrogens with one attached hydrogen (secondary N) is 3. The summed E-state index contributed by atoms with van der Waals surface area (Å²) in [6, 6.07) is 0. The van der Waals surface area contributed by atoms with Crippen LogP contribution in [0.1, 0.15) is 11.4 Å². The van der Waals surface area contributed by atoms with Gasteiger partial charge in [0.05, 0.1) is 30.6 Å². The molecule has 10 nitrogen and oxygen atoms in total. The largest absolute Gasteiger partial charge is 0.354 e. The second kappa shape index (κ2) is 9.36. The van der Waals surface area contributed by atoms with E-state index >= 15 is 0 Å². The van der Waals surface area contributed by atoms with Crippen LogP contribution in [0.5, 0.6) is 0 Å². The van der Waals surface area contributed by atoms with Crippen molar-refractivity contribution in [1.29, 1.82) is 0 Å². The molecule has 0 bridgehead atoms. The van der Waals surface area contributed by atoms with Crippen LogP contribution >= 0.6 is 0 Å². The number of aryl methyl sites for hydroxylation is 2. The summed E-state index contributed by atoms with van der Waals surface area (Å²) in [4.78, 5) is 21.8. The molecule has 0 atom stereocenters. The molecule has 3 aromatic heterocycles. The van der Waals surface area contributed by atoms with Crippen LogP contribution in [0.3, 0.4) is 0 Å². The molecule has 0 saturated heterocycles. The summed E-state index contributed by atoms with van der Waals surface area (Å²) in [7, 11) is 3.89. The number of hydrogen-bond acceptors (Lipinski definition) is 8. The van der Waals surface area contributed by atoms with Gasteiger partial charge in [0.2, 0.25) is 17.8 Å². The number of anilines is 3. The number of terminal acetylenes is 1. The lowest BCUT2D eigenvalue weighted by Crippen LogP contribution is -2.15. The summed E-state index contributed by atoms with van der Waals surface area (Å²) in [5.74, 6) is 3.90. The van der Waals surface area contributed by atoms with Crippen LogP contribution in [0.25, 0.3) is 0 Å². The Bertz CT molecular complexity index is 871. The molecule has 0 saturated carbocycles. The number of imidazole rings is 2. The van der Waals surface area contributed by atoms with E-state index < -0.39 is 0 Å². The predicted octanol–water partition coefficient (Wildman–Crippen LogP) is 0.693. The van der Waals surface area contributed by atoms with Crippen LogP contribution in [-0.2, 0) is 26.9 Å². The maximum atomic E-state index is 5.31. The molecule has 0 amide bonds. The number of rotatable bonds is 10. The minimum atomic E-state index is 0.338. The van der Waals surface area contributed by atoms with Crippen LogP contribution in [0.15, 0.2) is 25.0 Å². The minimum absolute atomic E-state index is 0.338. The van der Waals surface area contributed by atoms with Gasteiger partial charge in [-0.05, 0) is 0 Å². The van der Waals surface area contributed by atoms with E-state index in [1.807, 2.05) is 35.6 Å². The maximum Gasteiger partial charge on any atom is 0.230 e. The van der Waals surface area contributed by atoms with E-state index in [4.69, 9.17) is 6.42 Å². The zero-order chi connectivity index (χ0) is 19.8. The van der Waals surface area contributed by atoms with Gasteiger partial charge >= 0.3 is 0 Å². The Labute approximate surface area is 163 Å². The quantitative estimate of drug-likeness (QED) is 0.441. The number of nitrogens with zero attached hydrogens (tertiary/aromatic N) is 7. The van der Waals surface area contributed by atoms with Crippen molar-refractivity contribution in [3.05, 3.63) is 36.4 Å². The molecule has 0 aliphatic carbocycles. The molecule has 3 rings (SSSR count). The van der Waals surface area contributed by atoms with E-state index in [0.717, 1.165) is 24.2 Å². The normalized spacial score (nSPS) is 10.5. The first-order valence-electron chi connectivity index (χ1n) is 8.97. The Hall–Kier alpha value is -3.61. The van der Waals surface area contributed by atoms with Gasteiger partial charge in [0.1, 0.15) is 0 Å².